The molecule has 0 saturated carbocycles. The molecule has 0 aromatic heterocycles. The van der Waals surface area contributed by atoms with Crippen molar-refractivity contribution in [3.8, 4) is 0 Å². The monoisotopic (exact) mass is 504 g/mol. The molecule has 190 valence electrons. The highest BCUT2D eigenvalue weighted by atomic mass is 32.2. The molecule has 1 aliphatic rings. The van der Waals surface area contributed by atoms with E-state index in [9.17, 15) is 9.59 Å². The van der Waals surface area contributed by atoms with E-state index >= 15 is 0 Å². The summed E-state index contributed by atoms with van der Waals surface area (Å²) < 4.78 is 5.47. The van der Waals surface area contributed by atoms with Gasteiger partial charge in [-0.1, -0.05) is 68.4 Å². The van der Waals surface area contributed by atoms with Gasteiger partial charge in [0.25, 0.3) is 5.91 Å². The molecule has 3 aromatic carbocycles. The van der Waals surface area contributed by atoms with Gasteiger partial charge >= 0.3 is 6.09 Å². The molecule has 0 heterocycles. The van der Waals surface area contributed by atoms with Crippen LogP contribution in [0.1, 0.15) is 51.3 Å². The Balaban J connectivity index is 0.00000176. The van der Waals surface area contributed by atoms with Gasteiger partial charge in [-0.2, -0.15) is 0 Å². The zero-order valence-electron chi connectivity index (χ0n) is 21.8. The third kappa shape index (κ3) is 7.37. The first kappa shape index (κ1) is 27.3. The molecule has 0 fully saturated rings. The van der Waals surface area contributed by atoms with Crippen molar-refractivity contribution >= 4 is 29.4 Å². The first-order valence-corrected chi connectivity index (χ1v) is 13.4. The number of carbonyl (C=O) groups is 2. The van der Waals surface area contributed by atoms with Gasteiger partial charge in [0.2, 0.25) is 0 Å². The first-order valence-electron chi connectivity index (χ1n) is 12.4. The molecule has 0 atom stereocenters. The molecule has 2 amide bonds. The summed E-state index contributed by atoms with van der Waals surface area (Å²) in [5.74, 6) is 0.632. The Hall–Kier alpha value is -3.25. The Bertz CT molecular complexity index is 1130. The SMILES string of the molecule is CC.CC(C)(C)OC(=O)NC1(C(=O)Nc2ccc(SCc3ccccc3)cc2)Cc2ccccc2C1. The van der Waals surface area contributed by atoms with Gasteiger partial charge in [-0.25, -0.2) is 4.79 Å². The lowest BCUT2D eigenvalue weighted by Gasteiger charge is -2.30. The van der Waals surface area contributed by atoms with Gasteiger partial charge in [0.15, 0.2) is 0 Å². The van der Waals surface area contributed by atoms with Crippen molar-refractivity contribution in [2.75, 3.05) is 5.32 Å². The number of ether oxygens (including phenoxy) is 1. The number of anilines is 1. The Morgan fingerprint density at radius 1 is 0.861 bits per heavy atom. The van der Waals surface area contributed by atoms with Gasteiger partial charge in [0.05, 0.1) is 0 Å². The topological polar surface area (TPSA) is 67.4 Å². The molecule has 0 aliphatic heterocycles. The van der Waals surface area contributed by atoms with Crippen molar-refractivity contribution in [1.82, 2.24) is 5.32 Å². The van der Waals surface area contributed by atoms with Gasteiger partial charge < -0.3 is 15.4 Å². The van der Waals surface area contributed by atoms with E-state index in [1.54, 1.807) is 32.5 Å². The number of amides is 2. The molecule has 36 heavy (non-hydrogen) atoms. The number of thioether (sulfide) groups is 1. The number of fused-ring (bicyclic) bond motifs is 1. The van der Waals surface area contributed by atoms with Crippen LogP contribution in [0.5, 0.6) is 0 Å². The maximum atomic E-state index is 13.5. The zero-order chi connectivity index (χ0) is 26.2. The van der Waals surface area contributed by atoms with Crippen molar-refractivity contribution in [2.24, 2.45) is 0 Å². The number of rotatable bonds is 6. The lowest BCUT2D eigenvalue weighted by atomic mass is 9.94. The molecule has 0 saturated heterocycles. The van der Waals surface area contributed by atoms with Crippen LogP contribution in [0.4, 0.5) is 10.5 Å². The Kier molecular flexibility index (Phi) is 9.21. The highest BCUT2D eigenvalue weighted by Gasteiger charge is 2.46. The average molecular weight is 505 g/mol. The van der Waals surface area contributed by atoms with Crippen LogP contribution in [-0.4, -0.2) is 23.1 Å². The minimum atomic E-state index is -1.10. The van der Waals surface area contributed by atoms with Crippen molar-refractivity contribution in [1.29, 1.82) is 0 Å². The lowest BCUT2D eigenvalue weighted by molar-refractivity contribution is -0.122. The normalized spacial score (nSPS) is 13.6. The minimum absolute atomic E-state index is 0.251. The van der Waals surface area contributed by atoms with E-state index in [1.807, 2.05) is 80.6 Å². The van der Waals surface area contributed by atoms with Crippen molar-refractivity contribution in [3.63, 3.8) is 0 Å². The summed E-state index contributed by atoms with van der Waals surface area (Å²) in [6, 6.07) is 26.0. The van der Waals surface area contributed by atoms with Crippen molar-refractivity contribution in [3.05, 3.63) is 95.6 Å². The Morgan fingerprint density at radius 2 is 1.42 bits per heavy atom. The summed E-state index contributed by atoms with van der Waals surface area (Å²) in [5.41, 5.74) is 2.31. The number of nitrogens with one attached hydrogen (secondary N) is 2. The fourth-order valence-electron chi connectivity index (χ4n) is 4.05. The summed E-state index contributed by atoms with van der Waals surface area (Å²) in [6.07, 6.45) is 0.238. The maximum Gasteiger partial charge on any atom is 0.408 e. The Labute approximate surface area is 219 Å². The minimum Gasteiger partial charge on any atom is -0.444 e. The largest absolute Gasteiger partial charge is 0.444 e. The van der Waals surface area contributed by atoms with E-state index < -0.39 is 17.2 Å². The van der Waals surface area contributed by atoms with Gasteiger partial charge in [0.1, 0.15) is 11.1 Å². The van der Waals surface area contributed by atoms with Crippen LogP contribution in [0.15, 0.2) is 83.8 Å². The Morgan fingerprint density at radius 3 is 1.97 bits per heavy atom. The molecule has 5 nitrogen and oxygen atoms in total. The highest BCUT2D eigenvalue weighted by Crippen LogP contribution is 2.32. The average Bonchev–Trinajstić information content (AvgIpc) is 3.23. The number of carbonyl (C=O) groups excluding carboxylic acids is 2. The maximum absolute atomic E-state index is 13.5. The predicted octanol–water partition coefficient (Wildman–Crippen LogP) is 7.01. The van der Waals surface area contributed by atoms with Crippen LogP contribution in [0.2, 0.25) is 0 Å². The number of hydrogen-bond acceptors (Lipinski definition) is 4. The summed E-state index contributed by atoms with van der Waals surface area (Å²) in [5, 5.41) is 5.90. The quantitative estimate of drug-likeness (QED) is 0.355. The molecule has 0 spiro atoms. The molecule has 4 rings (SSSR count). The van der Waals surface area contributed by atoms with E-state index in [-0.39, 0.29) is 5.91 Å². The van der Waals surface area contributed by atoms with E-state index in [4.69, 9.17) is 4.74 Å². The highest BCUT2D eigenvalue weighted by molar-refractivity contribution is 7.98. The van der Waals surface area contributed by atoms with Gasteiger partial charge in [-0.05, 0) is 61.7 Å². The van der Waals surface area contributed by atoms with Gasteiger partial charge in [-0.3, -0.25) is 4.79 Å². The standard InChI is InChI=1S/C28H30N2O3S.C2H6/c1-27(2,3)33-26(32)30-28(17-21-11-7-8-12-22(21)18-28)25(31)29-23-13-15-24(16-14-23)34-19-20-9-5-4-6-10-20;1-2/h4-16H,17-19H2,1-3H3,(H,29,31)(H,30,32);1-2H3. The third-order valence-corrected chi connectivity index (χ3v) is 6.72. The molecular weight excluding hydrogens is 468 g/mol. The summed E-state index contributed by atoms with van der Waals surface area (Å²) in [4.78, 5) is 27.3. The molecule has 6 heteroatoms. The fourth-order valence-corrected chi connectivity index (χ4v) is 4.90. The fraction of sp³-hybridized carbons (Fsp3) is 0.333. The second kappa shape index (κ2) is 12.1. The summed E-state index contributed by atoms with van der Waals surface area (Å²) >= 11 is 1.74. The van der Waals surface area contributed by atoms with Crippen LogP contribution in [0.3, 0.4) is 0 Å². The zero-order valence-corrected chi connectivity index (χ0v) is 22.6. The first-order chi connectivity index (χ1) is 17.2. The number of alkyl carbamates (subject to hydrolysis) is 1. The molecule has 0 bridgehead atoms. The molecule has 0 unspecified atom stereocenters. The number of hydrogen-bond donors (Lipinski definition) is 2. The van der Waals surface area contributed by atoms with E-state index in [1.165, 1.54) is 5.56 Å². The van der Waals surface area contributed by atoms with E-state index in [0.29, 0.717) is 18.5 Å². The smallest absolute Gasteiger partial charge is 0.408 e. The van der Waals surface area contributed by atoms with Crippen molar-refractivity contribution < 1.29 is 14.3 Å². The van der Waals surface area contributed by atoms with Crippen LogP contribution in [-0.2, 0) is 28.1 Å². The van der Waals surface area contributed by atoms with E-state index in [0.717, 1.165) is 21.8 Å². The van der Waals surface area contributed by atoms with Crippen LogP contribution < -0.4 is 10.6 Å². The predicted molar refractivity (Wildman–Crippen MR) is 148 cm³/mol. The van der Waals surface area contributed by atoms with Crippen LogP contribution >= 0.6 is 11.8 Å². The van der Waals surface area contributed by atoms with Crippen LogP contribution in [0.25, 0.3) is 0 Å². The molecule has 2 N–H and O–H groups in total. The molecule has 1 aliphatic carbocycles. The van der Waals surface area contributed by atoms with Gasteiger partial charge in [0, 0.05) is 29.2 Å². The molecule has 0 radical (unpaired) electrons. The molecule has 3 aromatic rings. The second-order valence-electron chi connectivity index (χ2n) is 9.58. The third-order valence-electron chi connectivity index (χ3n) is 5.64. The number of benzene rings is 3. The van der Waals surface area contributed by atoms with E-state index in [2.05, 4.69) is 22.8 Å². The van der Waals surface area contributed by atoms with Crippen LogP contribution in [0, 0.1) is 0 Å². The summed E-state index contributed by atoms with van der Waals surface area (Å²) in [7, 11) is 0. The van der Waals surface area contributed by atoms with Crippen molar-refractivity contribution in [2.45, 2.75) is 69.2 Å². The van der Waals surface area contributed by atoms with Gasteiger partial charge in [-0.15, -0.1) is 11.8 Å². The lowest BCUT2D eigenvalue weighted by Crippen LogP contribution is -2.58. The summed E-state index contributed by atoms with van der Waals surface area (Å²) in [6.45, 7) is 9.42. The molecular formula is C30H36N2O3S. The second-order valence-corrected chi connectivity index (χ2v) is 10.6.